The van der Waals surface area contributed by atoms with Crippen LogP contribution in [0.25, 0.3) is 0 Å². The van der Waals surface area contributed by atoms with Gasteiger partial charge in [0.25, 0.3) is 0 Å². The van der Waals surface area contributed by atoms with Gasteiger partial charge in [-0.3, -0.25) is 4.79 Å². The lowest BCUT2D eigenvalue weighted by Crippen LogP contribution is -2.42. The molecule has 1 aliphatic heterocycles. The third-order valence-corrected chi connectivity index (χ3v) is 5.05. The average molecular weight is 377 g/mol. The highest BCUT2D eigenvalue weighted by Gasteiger charge is 2.37. The molecular weight excluding hydrogens is 355 g/mol. The lowest BCUT2D eigenvalue weighted by molar-refractivity contribution is -0.137. The summed E-state index contributed by atoms with van der Waals surface area (Å²) in [7, 11) is 0. The van der Waals surface area contributed by atoms with Crippen molar-refractivity contribution in [2.45, 2.75) is 32.9 Å². The molecule has 2 aromatic rings. The molecule has 1 aromatic carbocycles. The Morgan fingerprint density at radius 3 is 2.74 bits per heavy atom. The second-order valence-electron chi connectivity index (χ2n) is 6.89. The van der Waals surface area contributed by atoms with Crippen LogP contribution in [-0.2, 0) is 11.0 Å². The molecule has 1 saturated heterocycles. The molecule has 1 aromatic heterocycles. The van der Waals surface area contributed by atoms with Gasteiger partial charge in [0.05, 0.1) is 11.5 Å². The van der Waals surface area contributed by atoms with Gasteiger partial charge in [0, 0.05) is 25.0 Å². The molecule has 2 heterocycles. The Hall–Kier alpha value is -2.57. The van der Waals surface area contributed by atoms with E-state index in [1.54, 1.807) is 4.90 Å². The SMILES string of the molecule is Cc1cccc(NC(=O)C2CCCN(c3ncccc3C(F)(F)F)C2)c1C. The van der Waals surface area contributed by atoms with Crippen LogP contribution < -0.4 is 10.2 Å². The van der Waals surface area contributed by atoms with E-state index in [0.717, 1.165) is 22.9 Å². The minimum Gasteiger partial charge on any atom is -0.355 e. The molecule has 0 spiro atoms. The Bertz CT molecular complexity index is 835. The number of carbonyl (C=O) groups excluding carboxylic acids is 1. The number of piperidine rings is 1. The number of alkyl halides is 3. The van der Waals surface area contributed by atoms with Gasteiger partial charge >= 0.3 is 6.18 Å². The van der Waals surface area contributed by atoms with Gasteiger partial charge in [-0.1, -0.05) is 12.1 Å². The molecule has 1 aliphatic rings. The number of halogens is 3. The summed E-state index contributed by atoms with van der Waals surface area (Å²) < 4.78 is 39.8. The highest BCUT2D eigenvalue weighted by atomic mass is 19.4. The van der Waals surface area contributed by atoms with Crippen molar-refractivity contribution in [3.8, 4) is 0 Å². The predicted octanol–water partition coefficient (Wildman–Crippen LogP) is 4.57. The number of pyridine rings is 1. The predicted molar refractivity (Wildman–Crippen MR) is 98.7 cm³/mol. The summed E-state index contributed by atoms with van der Waals surface area (Å²) in [6, 6.07) is 7.98. The van der Waals surface area contributed by atoms with E-state index in [9.17, 15) is 18.0 Å². The molecule has 7 heteroatoms. The number of aromatic nitrogens is 1. The summed E-state index contributed by atoms with van der Waals surface area (Å²) in [6.45, 7) is 4.57. The zero-order valence-electron chi connectivity index (χ0n) is 15.3. The molecule has 27 heavy (non-hydrogen) atoms. The van der Waals surface area contributed by atoms with Crippen molar-refractivity contribution in [2.75, 3.05) is 23.3 Å². The minimum absolute atomic E-state index is 0.103. The van der Waals surface area contributed by atoms with Gasteiger partial charge in [-0.15, -0.1) is 0 Å². The van der Waals surface area contributed by atoms with Crippen LogP contribution in [0, 0.1) is 19.8 Å². The number of aryl methyl sites for hydroxylation is 1. The van der Waals surface area contributed by atoms with Gasteiger partial charge in [-0.25, -0.2) is 4.98 Å². The normalized spacial score (nSPS) is 17.7. The van der Waals surface area contributed by atoms with Crippen LogP contribution in [0.3, 0.4) is 0 Å². The maximum Gasteiger partial charge on any atom is 0.419 e. The van der Waals surface area contributed by atoms with Gasteiger partial charge in [-0.05, 0) is 56.0 Å². The van der Waals surface area contributed by atoms with E-state index >= 15 is 0 Å². The third kappa shape index (κ3) is 4.23. The number of nitrogens with zero attached hydrogens (tertiary/aromatic N) is 2. The van der Waals surface area contributed by atoms with E-state index in [2.05, 4.69) is 10.3 Å². The van der Waals surface area contributed by atoms with Crippen LogP contribution in [0.1, 0.15) is 29.5 Å². The smallest absolute Gasteiger partial charge is 0.355 e. The highest BCUT2D eigenvalue weighted by Crippen LogP contribution is 2.36. The summed E-state index contributed by atoms with van der Waals surface area (Å²) in [4.78, 5) is 18.2. The fraction of sp³-hybridized carbons (Fsp3) is 0.400. The van der Waals surface area contributed by atoms with Crippen molar-refractivity contribution >= 4 is 17.4 Å². The number of nitrogens with one attached hydrogen (secondary N) is 1. The van der Waals surface area contributed by atoms with E-state index < -0.39 is 11.7 Å². The third-order valence-electron chi connectivity index (χ3n) is 5.05. The number of hydrogen-bond donors (Lipinski definition) is 1. The minimum atomic E-state index is -4.47. The Kier molecular flexibility index (Phi) is 5.39. The first-order valence-corrected chi connectivity index (χ1v) is 8.91. The van der Waals surface area contributed by atoms with Crippen molar-refractivity contribution in [2.24, 2.45) is 5.92 Å². The second kappa shape index (κ2) is 7.58. The maximum atomic E-state index is 13.3. The lowest BCUT2D eigenvalue weighted by atomic mass is 9.96. The molecule has 4 nitrogen and oxygen atoms in total. The van der Waals surface area contributed by atoms with Crippen LogP contribution in [0.2, 0.25) is 0 Å². The van der Waals surface area contributed by atoms with Gasteiger partial charge < -0.3 is 10.2 Å². The van der Waals surface area contributed by atoms with Crippen molar-refractivity contribution in [3.63, 3.8) is 0 Å². The maximum absolute atomic E-state index is 13.3. The monoisotopic (exact) mass is 377 g/mol. The molecular formula is C20H22F3N3O. The highest BCUT2D eigenvalue weighted by molar-refractivity contribution is 5.93. The first-order valence-electron chi connectivity index (χ1n) is 8.91. The summed E-state index contributed by atoms with van der Waals surface area (Å²) in [5, 5.41) is 2.93. The number of amides is 1. The van der Waals surface area contributed by atoms with Gasteiger partial charge in [-0.2, -0.15) is 13.2 Å². The summed E-state index contributed by atoms with van der Waals surface area (Å²) >= 11 is 0. The second-order valence-corrected chi connectivity index (χ2v) is 6.89. The molecule has 3 rings (SSSR count). The molecule has 0 radical (unpaired) electrons. The summed E-state index contributed by atoms with van der Waals surface area (Å²) in [5.41, 5.74) is 2.04. The fourth-order valence-corrected chi connectivity index (χ4v) is 3.38. The van der Waals surface area contributed by atoms with E-state index in [0.29, 0.717) is 19.4 Å². The van der Waals surface area contributed by atoms with E-state index in [4.69, 9.17) is 0 Å². The molecule has 1 fully saturated rings. The van der Waals surface area contributed by atoms with Gasteiger partial charge in [0.1, 0.15) is 5.82 Å². The molecule has 0 bridgehead atoms. The average Bonchev–Trinajstić information content (AvgIpc) is 2.65. The zero-order valence-corrected chi connectivity index (χ0v) is 15.3. The van der Waals surface area contributed by atoms with Crippen LogP contribution in [0.4, 0.5) is 24.7 Å². The standard InChI is InChI=1S/C20H22F3N3O/c1-13-6-3-9-17(14(13)2)25-19(27)15-7-5-11-26(12-15)18-16(20(21,22)23)8-4-10-24-18/h3-4,6,8-10,15H,5,7,11-12H2,1-2H3,(H,25,27). The number of rotatable bonds is 3. The lowest BCUT2D eigenvalue weighted by Gasteiger charge is -2.34. The molecule has 0 aliphatic carbocycles. The summed E-state index contributed by atoms with van der Waals surface area (Å²) in [5.74, 6) is -0.658. The zero-order chi connectivity index (χ0) is 19.6. The number of hydrogen-bond acceptors (Lipinski definition) is 3. The van der Waals surface area contributed by atoms with Crippen molar-refractivity contribution in [3.05, 3.63) is 53.2 Å². The first kappa shape index (κ1) is 19.2. The number of anilines is 2. The molecule has 1 amide bonds. The first-order chi connectivity index (χ1) is 12.8. The Balaban J connectivity index is 1.77. The largest absolute Gasteiger partial charge is 0.419 e. The molecule has 1 atom stereocenters. The van der Waals surface area contributed by atoms with Crippen LogP contribution in [-0.4, -0.2) is 24.0 Å². The fourth-order valence-electron chi connectivity index (χ4n) is 3.38. The molecule has 144 valence electrons. The quantitative estimate of drug-likeness (QED) is 0.852. The molecule has 1 N–H and O–H groups in total. The van der Waals surface area contributed by atoms with E-state index in [1.807, 2.05) is 32.0 Å². The van der Waals surface area contributed by atoms with Crippen molar-refractivity contribution < 1.29 is 18.0 Å². The van der Waals surface area contributed by atoms with E-state index in [-0.39, 0.29) is 24.2 Å². The molecule has 1 unspecified atom stereocenters. The number of carbonyl (C=O) groups is 1. The number of benzene rings is 1. The van der Waals surface area contributed by atoms with Crippen molar-refractivity contribution in [1.29, 1.82) is 0 Å². The van der Waals surface area contributed by atoms with Crippen LogP contribution in [0.5, 0.6) is 0 Å². The Morgan fingerprint density at radius 1 is 1.22 bits per heavy atom. The van der Waals surface area contributed by atoms with Gasteiger partial charge in [0.2, 0.25) is 5.91 Å². The van der Waals surface area contributed by atoms with Crippen LogP contribution in [0.15, 0.2) is 36.5 Å². The van der Waals surface area contributed by atoms with Crippen LogP contribution >= 0.6 is 0 Å². The van der Waals surface area contributed by atoms with Gasteiger partial charge in [0.15, 0.2) is 0 Å². The summed E-state index contributed by atoms with van der Waals surface area (Å²) in [6.07, 6.45) is -1.85. The Morgan fingerprint density at radius 2 is 2.00 bits per heavy atom. The van der Waals surface area contributed by atoms with Crippen molar-refractivity contribution in [1.82, 2.24) is 4.98 Å². The molecule has 0 saturated carbocycles. The topological polar surface area (TPSA) is 45.2 Å². The Labute approximate surface area is 156 Å². The van der Waals surface area contributed by atoms with E-state index in [1.165, 1.54) is 12.3 Å².